The predicted molar refractivity (Wildman–Crippen MR) is 97.6 cm³/mol. The molecule has 3 amide bonds. The Morgan fingerprint density at radius 1 is 1.29 bits per heavy atom. The summed E-state index contributed by atoms with van der Waals surface area (Å²) in [5.41, 5.74) is 2.65. The Bertz CT molecular complexity index is 728. The van der Waals surface area contributed by atoms with Crippen LogP contribution in [0.2, 0.25) is 0 Å². The van der Waals surface area contributed by atoms with Crippen LogP contribution >= 0.6 is 11.3 Å². The Morgan fingerprint density at radius 3 is 2.88 bits per heavy atom. The summed E-state index contributed by atoms with van der Waals surface area (Å²) in [4.78, 5) is 27.0. The van der Waals surface area contributed by atoms with Crippen molar-refractivity contribution >= 4 is 34.6 Å². The second kappa shape index (κ2) is 7.49. The van der Waals surface area contributed by atoms with Gasteiger partial charge in [-0.15, -0.1) is 11.3 Å². The topological polar surface area (TPSA) is 61.4 Å². The van der Waals surface area contributed by atoms with Crippen molar-refractivity contribution in [1.82, 2.24) is 5.32 Å². The lowest BCUT2D eigenvalue weighted by Crippen LogP contribution is -2.35. The Balaban J connectivity index is 1.61. The van der Waals surface area contributed by atoms with Crippen LogP contribution in [0.1, 0.15) is 29.7 Å². The zero-order valence-electron chi connectivity index (χ0n) is 13.7. The monoisotopic (exact) mass is 343 g/mol. The van der Waals surface area contributed by atoms with Gasteiger partial charge in [0.25, 0.3) is 0 Å². The summed E-state index contributed by atoms with van der Waals surface area (Å²) in [6, 6.07) is 9.37. The van der Waals surface area contributed by atoms with E-state index < -0.39 is 0 Å². The second-order valence-electron chi connectivity index (χ2n) is 5.89. The van der Waals surface area contributed by atoms with Crippen LogP contribution in [0.5, 0.6) is 0 Å². The number of piperidine rings is 1. The van der Waals surface area contributed by atoms with E-state index in [1.54, 1.807) is 11.3 Å². The number of nitrogens with one attached hydrogen (secondary N) is 2. The average molecular weight is 343 g/mol. The van der Waals surface area contributed by atoms with Crippen molar-refractivity contribution in [2.75, 3.05) is 16.8 Å². The highest BCUT2D eigenvalue weighted by atomic mass is 32.1. The van der Waals surface area contributed by atoms with Crippen molar-refractivity contribution < 1.29 is 9.59 Å². The molecule has 1 aliphatic heterocycles. The molecule has 0 spiro atoms. The molecule has 0 radical (unpaired) electrons. The largest absolute Gasteiger partial charge is 0.333 e. The molecule has 5 nitrogen and oxygen atoms in total. The molecule has 0 aliphatic carbocycles. The van der Waals surface area contributed by atoms with E-state index in [9.17, 15) is 9.59 Å². The molecule has 3 rings (SSSR count). The molecule has 6 heteroatoms. The van der Waals surface area contributed by atoms with Crippen LogP contribution in [0, 0.1) is 6.92 Å². The smallest absolute Gasteiger partial charge is 0.319 e. The molecule has 1 aromatic heterocycles. The van der Waals surface area contributed by atoms with Crippen LogP contribution in [0.4, 0.5) is 16.2 Å². The molecule has 2 aromatic rings. The van der Waals surface area contributed by atoms with E-state index >= 15 is 0 Å². The number of anilines is 2. The number of thiophene rings is 1. The van der Waals surface area contributed by atoms with Crippen molar-refractivity contribution in [3.63, 3.8) is 0 Å². The maximum Gasteiger partial charge on any atom is 0.319 e. The van der Waals surface area contributed by atoms with Gasteiger partial charge in [0.1, 0.15) is 0 Å². The molecule has 1 aromatic carbocycles. The van der Waals surface area contributed by atoms with Crippen LogP contribution in [-0.2, 0) is 11.3 Å². The van der Waals surface area contributed by atoms with Crippen molar-refractivity contribution in [2.24, 2.45) is 0 Å². The molecule has 0 unspecified atom stereocenters. The van der Waals surface area contributed by atoms with Crippen LogP contribution in [0.15, 0.2) is 35.7 Å². The molecule has 126 valence electrons. The van der Waals surface area contributed by atoms with Crippen molar-refractivity contribution in [3.05, 3.63) is 46.2 Å². The van der Waals surface area contributed by atoms with E-state index in [0.29, 0.717) is 13.0 Å². The molecule has 0 saturated carbocycles. The molecule has 1 fully saturated rings. The van der Waals surface area contributed by atoms with E-state index in [4.69, 9.17) is 0 Å². The van der Waals surface area contributed by atoms with Crippen LogP contribution in [0.25, 0.3) is 0 Å². The summed E-state index contributed by atoms with van der Waals surface area (Å²) in [5, 5.41) is 7.66. The summed E-state index contributed by atoms with van der Waals surface area (Å²) in [6.45, 7) is 3.25. The SMILES string of the molecule is Cc1cc(NC(=O)NCc2cccs2)ccc1N1CCCCC1=O. The van der Waals surface area contributed by atoms with Gasteiger partial charge >= 0.3 is 6.03 Å². The van der Waals surface area contributed by atoms with Gasteiger partial charge in [0.15, 0.2) is 0 Å². The quantitative estimate of drug-likeness (QED) is 0.884. The first kappa shape index (κ1) is 16.5. The summed E-state index contributed by atoms with van der Waals surface area (Å²) < 4.78 is 0. The molecule has 0 atom stereocenters. The fourth-order valence-corrected chi connectivity index (χ4v) is 3.50. The maximum absolute atomic E-state index is 12.1. The molecule has 1 aliphatic rings. The van der Waals surface area contributed by atoms with Gasteiger partial charge in [0, 0.05) is 29.2 Å². The lowest BCUT2D eigenvalue weighted by molar-refractivity contribution is -0.119. The predicted octanol–water partition coefficient (Wildman–Crippen LogP) is 3.90. The van der Waals surface area contributed by atoms with Gasteiger partial charge in [-0.1, -0.05) is 6.07 Å². The lowest BCUT2D eigenvalue weighted by atomic mass is 10.1. The maximum atomic E-state index is 12.1. The minimum absolute atomic E-state index is 0.179. The number of aryl methyl sites for hydroxylation is 1. The third kappa shape index (κ3) is 3.94. The molecular weight excluding hydrogens is 322 g/mol. The number of carbonyl (C=O) groups excluding carboxylic acids is 2. The molecule has 2 heterocycles. The minimum atomic E-state index is -0.232. The number of amides is 3. The van der Waals surface area contributed by atoms with Crippen molar-refractivity contribution in [1.29, 1.82) is 0 Å². The third-order valence-electron chi connectivity index (χ3n) is 4.07. The normalized spacial score (nSPS) is 14.5. The number of urea groups is 1. The number of nitrogens with zero attached hydrogens (tertiary/aromatic N) is 1. The van der Waals surface area contributed by atoms with Gasteiger partial charge in [-0.05, 0) is 55.0 Å². The summed E-state index contributed by atoms with van der Waals surface area (Å²) in [5.74, 6) is 0.179. The Labute approximate surface area is 145 Å². The molecule has 0 bridgehead atoms. The first-order valence-corrected chi connectivity index (χ1v) is 9.00. The number of hydrogen-bond acceptors (Lipinski definition) is 3. The van der Waals surface area contributed by atoms with Crippen LogP contribution < -0.4 is 15.5 Å². The Morgan fingerprint density at radius 2 is 2.17 bits per heavy atom. The van der Waals surface area contributed by atoms with Crippen LogP contribution in [-0.4, -0.2) is 18.5 Å². The highest BCUT2D eigenvalue weighted by molar-refractivity contribution is 7.09. The fraction of sp³-hybridized carbons (Fsp3) is 0.333. The van der Waals surface area contributed by atoms with Crippen molar-refractivity contribution in [2.45, 2.75) is 32.7 Å². The zero-order chi connectivity index (χ0) is 16.9. The lowest BCUT2D eigenvalue weighted by Gasteiger charge is -2.28. The van der Waals surface area contributed by atoms with E-state index in [1.807, 2.05) is 47.5 Å². The first-order chi connectivity index (χ1) is 11.6. The summed E-state index contributed by atoms with van der Waals surface area (Å²) >= 11 is 1.61. The first-order valence-electron chi connectivity index (χ1n) is 8.12. The molecule has 1 saturated heterocycles. The summed E-state index contributed by atoms with van der Waals surface area (Å²) in [6.07, 6.45) is 2.62. The average Bonchev–Trinajstić information content (AvgIpc) is 3.08. The molecule has 24 heavy (non-hydrogen) atoms. The zero-order valence-corrected chi connectivity index (χ0v) is 14.5. The highest BCUT2D eigenvalue weighted by Gasteiger charge is 2.21. The van der Waals surface area contributed by atoms with Gasteiger partial charge in [0.2, 0.25) is 5.91 Å². The van der Waals surface area contributed by atoms with Crippen molar-refractivity contribution in [3.8, 4) is 0 Å². The van der Waals surface area contributed by atoms with Gasteiger partial charge in [-0.2, -0.15) is 0 Å². The fourth-order valence-electron chi connectivity index (χ4n) is 2.85. The van der Waals surface area contributed by atoms with Crippen LogP contribution in [0.3, 0.4) is 0 Å². The standard InChI is InChI=1S/C18H21N3O2S/c1-13-11-14(20-18(23)19-12-15-5-4-10-24-15)7-8-16(13)21-9-3-2-6-17(21)22/h4-5,7-8,10-11H,2-3,6,9,12H2,1H3,(H2,19,20,23). The van der Waals surface area contributed by atoms with Gasteiger partial charge in [-0.25, -0.2) is 4.79 Å². The Hall–Kier alpha value is -2.34. The second-order valence-corrected chi connectivity index (χ2v) is 6.92. The molecule has 2 N–H and O–H groups in total. The van der Waals surface area contributed by atoms with Gasteiger partial charge < -0.3 is 15.5 Å². The van der Waals surface area contributed by atoms with E-state index in [0.717, 1.165) is 41.2 Å². The number of benzene rings is 1. The Kier molecular flexibility index (Phi) is 5.15. The number of carbonyl (C=O) groups is 2. The number of hydrogen-bond donors (Lipinski definition) is 2. The highest BCUT2D eigenvalue weighted by Crippen LogP contribution is 2.27. The third-order valence-corrected chi connectivity index (χ3v) is 4.95. The van der Waals surface area contributed by atoms with E-state index in [1.165, 1.54) is 0 Å². The minimum Gasteiger partial charge on any atom is -0.333 e. The number of rotatable bonds is 4. The van der Waals surface area contributed by atoms with Gasteiger partial charge in [-0.3, -0.25) is 4.79 Å². The van der Waals surface area contributed by atoms with E-state index in [-0.39, 0.29) is 11.9 Å². The van der Waals surface area contributed by atoms with E-state index in [2.05, 4.69) is 10.6 Å². The summed E-state index contributed by atoms with van der Waals surface area (Å²) in [7, 11) is 0. The molecular formula is C18H21N3O2S. The van der Waals surface area contributed by atoms with Gasteiger partial charge in [0.05, 0.1) is 6.54 Å².